The van der Waals surface area contributed by atoms with Crippen molar-refractivity contribution < 1.29 is 9.59 Å². The number of nitrogens with one attached hydrogen (secondary N) is 2. The summed E-state index contributed by atoms with van der Waals surface area (Å²) in [6, 6.07) is 13.8. The zero-order chi connectivity index (χ0) is 15.2. The van der Waals surface area contributed by atoms with Crippen molar-refractivity contribution >= 4 is 46.4 Å². The molecule has 108 valence electrons. The largest absolute Gasteiger partial charge is 0.326 e. The molecule has 0 unspecified atom stereocenters. The van der Waals surface area contributed by atoms with Gasteiger partial charge in [0, 0.05) is 5.69 Å². The number of benzene rings is 2. The maximum absolute atomic E-state index is 11.8. The summed E-state index contributed by atoms with van der Waals surface area (Å²) in [5.74, 6) is -0.871. The number of rotatable bonds is 4. The van der Waals surface area contributed by atoms with E-state index in [1.54, 1.807) is 42.5 Å². The molecule has 0 saturated carbocycles. The third kappa shape index (κ3) is 4.48. The van der Waals surface area contributed by atoms with E-state index in [1.807, 2.05) is 6.07 Å². The number of hydrogen-bond donors (Lipinski definition) is 2. The van der Waals surface area contributed by atoms with Gasteiger partial charge >= 0.3 is 0 Å². The summed E-state index contributed by atoms with van der Waals surface area (Å²) in [5.41, 5.74) is 1.01. The van der Waals surface area contributed by atoms with E-state index in [0.717, 1.165) is 0 Å². The molecule has 0 fully saturated rings. The average molecular weight is 323 g/mol. The molecule has 0 saturated heterocycles. The van der Waals surface area contributed by atoms with Crippen LogP contribution in [0, 0.1) is 0 Å². The van der Waals surface area contributed by atoms with Gasteiger partial charge in [0.05, 0.1) is 15.7 Å². The number of amides is 2. The van der Waals surface area contributed by atoms with Crippen molar-refractivity contribution in [2.75, 3.05) is 10.6 Å². The second-order valence-electron chi connectivity index (χ2n) is 4.24. The van der Waals surface area contributed by atoms with Crippen LogP contribution in [0.3, 0.4) is 0 Å². The molecule has 0 atom stereocenters. The second kappa shape index (κ2) is 7.11. The van der Waals surface area contributed by atoms with Crippen LogP contribution < -0.4 is 10.6 Å². The topological polar surface area (TPSA) is 58.2 Å². The molecule has 2 aromatic carbocycles. The predicted octanol–water partition coefficient (Wildman–Crippen LogP) is 3.96. The van der Waals surface area contributed by atoms with E-state index in [1.165, 1.54) is 0 Å². The van der Waals surface area contributed by atoms with Gasteiger partial charge in [0.2, 0.25) is 11.8 Å². The first kappa shape index (κ1) is 15.4. The Hall–Kier alpha value is -2.04. The van der Waals surface area contributed by atoms with Crippen LogP contribution in [-0.4, -0.2) is 11.8 Å². The first-order chi connectivity index (χ1) is 10.1. The quantitative estimate of drug-likeness (QED) is 0.837. The van der Waals surface area contributed by atoms with Gasteiger partial charge in [-0.2, -0.15) is 0 Å². The summed E-state index contributed by atoms with van der Waals surface area (Å²) >= 11 is 11.8. The third-order valence-corrected chi connectivity index (χ3v) is 3.42. The van der Waals surface area contributed by atoms with E-state index in [-0.39, 0.29) is 11.4 Å². The van der Waals surface area contributed by atoms with E-state index < -0.39 is 11.8 Å². The molecule has 2 aromatic rings. The molecule has 0 aliphatic heterocycles. The molecule has 2 N–H and O–H groups in total. The standard InChI is InChI=1S/C15H12Cl2N2O2/c16-11-7-4-8-12(15(11)17)19-14(21)9-13(20)18-10-5-2-1-3-6-10/h1-8H,9H2,(H,18,20)(H,19,21). The SMILES string of the molecule is O=C(CC(=O)Nc1cccc(Cl)c1Cl)Nc1ccccc1. The lowest BCUT2D eigenvalue weighted by Crippen LogP contribution is -2.21. The summed E-state index contributed by atoms with van der Waals surface area (Å²) in [6.45, 7) is 0. The lowest BCUT2D eigenvalue weighted by molar-refractivity contribution is -0.123. The average Bonchev–Trinajstić information content (AvgIpc) is 2.44. The van der Waals surface area contributed by atoms with Crippen molar-refractivity contribution in [3.63, 3.8) is 0 Å². The molecule has 0 bridgehead atoms. The van der Waals surface area contributed by atoms with E-state index in [2.05, 4.69) is 10.6 Å². The zero-order valence-electron chi connectivity index (χ0n) is 10.9. The van der Waals surface area contributed by atoms with Crippen LogP contribution in [0.5, 0.6) is 0 Å². The third-order valence-electron chi connectivity index (χ3n) is 2.60. The fourth-order valence-electron chi connectivity index (χ4n) is 1.67. The highest BCUT2D eigenvalue weighted by molar-refractivity contribution is 6.44. The van der Waals surface area contributed by atoms with Crippen LogP contribution in [0.15, 0.2) is 48.5 Å². The summed E-state index contributed by atoms with van der Waals surface area (Å²) in [6.07, 6.45) is -0.308. The van der Waals surface area contributed by atoms with Gasteiger partial charge in [-0.15, -0.1) is 0 Å². The Balaban J connectivity index is 1.92. The molecule has 2 rings (SSSR count). The van der Waals surface area contributed by atoms with E-state index in [9.17, 15) is 9.59 Å². The Bertz CT molecular complexity index is 660. The van der Waals surface area contributed by atoms with Crippen LogP contribution in [0.25, 0.3) is 0 Å². The minimum Gasteiger partial charge on any atom is -0.326 e. The van der Waals surface area contributed by atoms with Crippen LogP contribution in [0.2, 0.25) is 10.0 Å². The Labute approximate surface area is 132 Å². The van der Waals surface area contributed by atoms with Crippen LogP contribution in [-0.2, 0) is 9.59 Å². The molecule has 0 heterocycles. The smallest absolute Gasteiger partial charge is 0.233 e. The van der Waals surface area contributed by atoms with Gasteiger partial charge in [0.15, 0.2) is 0 Å². The van der Waals surface area contributed by atoms with Crippen LogP contribution in [0.1, 0.15) is 6.42 Å². The zero-order valence-corrected chi connectivity index (χ0v) is 12.4. The fourth-order valence-corrected chi connectivity index (χ4v) is 2.02. The molecule has 0 aromatic heterocycles. The molecule has 4 nitrogen and oxygen atoms in total. The van der Waals surface area contributed by atoms with E-state index >= 15 is 0 Å². The number of halogens is 2. The fraction of sp³-hybridized carbons (Fsp3) is 0.0667. The van der Waals surface area contributed by atoms with E-state index in [0.29, 0.717) is 16.4 Å². The van der Waals surface area contributed by atoms with Crippen molar-refractivity contribution in [1.29, 1.82) is 0 Å². The van der Waals surface area contributed by atoms with Crippen molar-refractivity contribution in [2.24, 2.45) is 0 Å². The summed E-state index contributed by atoms with van der Waals surface area (Å²) < 4.78 is 0. The number of hydrogen-bond acceptors (Lipinski definition) is 2. The number of para-hydroxylation sites is 1. The summed E-state index contributed by atoms with van der Waals surface area (Å²) in [4.78, 5) is 23.5. The van der Waals surface area contributed by atoms with Crippen LogP contribution in [0.4, 0.5) is 11.4 Å². The van der Waals surface area contributed by atoms with Crippen molar-refractivity contribution in [3.05, 3.63) is 58.6 Å². The highest BCUT2D eigenvalue weighted by atomic mass is 35.5. The predicted molar refractivity (Wildman–Crippen MR) is 84.8 cm³/mol. The first-order valence-corrected chi connectivity index (χ1v) is 6.90. The monoisotopic (exact) mass is 322 g/mol. The normalized spacial score (nSPS) is 10.0. The number of carbonyl (C=O) groups excluding carboxylic acids is 2. The Kier molecular flexibility index (Phi) is 5.20. The summed E-state index contributed by atoms with van der Waals surface area (Å²) in [7, 11) is 0. The maximum atomic E-state index is 11.8. The first-order valence-electron chi connectivity index (χ1n) is 6.15. The van der Waals surface area contributed by atoms with Crippen molar-refractivity contribution in [1.82, 2.24) is 0 Å². The van der Waals surface area contributed by atoms with Crippen molar-refractivity contribution in [2.45, 2.75) is 6.42 Å². The highest BCUT2D eigenvalue weighted by Crippen LogP contribution is 2.29. The van der Waals surface area contributed by atoms with Gasteiger partial charge in [-0.05, 0) is 24.3 Å². The van der Waals surface area contributed by atoms with Crippen LogP contribution >= 0.6 is 23.2 Å². The molecular formula is C15H12Cl2N2O2. The minimum absolute atomic E-state index is 0.246. The van der Waals surface area contributed by atoms with Gasteiger partial charge in [0.25, 0.3) is 0 Å². The van der Waals surface area contributed by atoms with Gasteiger partial charge in [0.1, 0.15) is 6.42 Å². The number of anilines is 2. The molecule has 0 radical (unpaired) electrons. The second-order valence-corrected chi connectivity index (χ2v) is 5.03. The molecule has 0 aliphatic carbocycles. The van der Waals surface area contributed by atoms with Gasteiger partial charge in [-0.3, -0.25) is 9.59 Å². The Morgan fingerprint density at radius 1 is 0.857 bits per heavy atom. The molecular weight excluding hydrogens is 311 g/mol. The Morgan fingerprint density at radius 2 is 1.52 bits per heavy atom. The molecule has 21 heavy (non-hydrogen) atoms. The molecule has 2 amide bonds. The molecule has 0 aliphatic rings. The van der Waals surface area contributed by atoms with Crippen molar-refractivity contribution in [3.8, 4) is 0 Å². The lowest BCUT2D eigenvalue weighted by Gasteiger charge is -2.08. The Morgan fingerprint density at radius 3 is 2.24 bits per heavy atom. The number of carbonyl (C=O) groups is 2. The highest BCUT2D eigenvalue weighted by Gasteiger charge is 2.12. The van der Waals surface area contributed by atoms with Gasteiger partial charge in [-0.1, -0.05) is 47.5 Å². The van der Waals surface area contributed by atoms with E-state index in [4.69, 9.17) is 23.2 Å². The lowest BCUT2D eigenvalue weighted by atomic mass is 10.3. The maximum Gasteiger partial charge on any atom is 0.233 e. The summed E-state index contributed by atoms with van der Waals surface area (Å²) in [5, 5.41) is 5.76. The minimum atomic E-state index is -0.465. The molecule has 6 heteroatoms. The molecule has 0 spiro atoms. The van der Waals surface area contributed by atoms with Gasteiger partial charge in [-0.25, -0.2) is 0 Å². The van der Waals surface area contributed by atoms with Gasteiger partial charge < -0.3 is 10.6 Å².